The second-order valence-electron chi connectivity index (χ2n) is 2.59. The molecule has 6 heteroatoms. The number of carbonyl (C=O) groups excluding carboxylic acids is 1. The molecule has 1 N–H and O–H groups in total. The summed E-state index contributed by atoms with van der Waals surface area (Å²) in [5, 5.41) is 0. The van der Waals surface area contributed by atoms with Crippen LogP contribution in [-0.2, 0) is 10.0 Å². The molecule has 5 nitrogen and oxygen atoms in total. The Morgan fingerprint density at radius 3 is 2.54 bits per heavy atom. The number of hydrogen-bond acceptors (Lipinski definition) is 4. The minimum absolute atomic E-state index is 0.227. The standard InChI is InChI=1S/C7H9NO4S/c1-5-6(3-4-12-5)7(9)8-13(2,10)11/h3-4H,1-2H3,(H,8,9). The third-order valence-corrected chi connectivity index (χ3v) is 1.94. The number of rotatable bonds is 2. The van der Waals surface area contributed by atoms with E-state index in [1.54, 1.807) is 6.92 Å². The molecule has 1 aromatic heterocycles. The van der Waals surface area contributed by atoms with Crippen LogP contribution in [0, 0.1) is 6.92 Å². The highest BCUT2D eigenvalue weighted by Gasteiger charge is 2.14. The molecule has 0 aliphatic carbocycles. The first-order valence-electron chi connectivity index (χ1n) is 3.46. The number of amides is 1. The van der Waals surface area contributed by atoms with E-state index in [0.29, 0.717) is 5.76 Å². The first kappa shape index (κ1) is 9.79. The van der Waals surface area contributed by atoms with Crippen LogP contribution < -0.4 is 4.72 Å². The minimum Gasteiger partial charge on any atom is -0.469 e. The Morgan fingerprint density at radius 1 is 1.54 bits per heavy atom. The predicted molar refractivity (Wildman–Crippen MR) is 45.8 cm³/mol. The van der Waals surface area contributed by atoms with Crippen molar-refractivity contribution < 1.29 is 17.6 Å². The summed E-state index contributed by atoms with van der Waals surface area (Å²) >= 11 is 0. The molecule has 1 amide bonds. The fourth-order valence-electron chi connectivity index (χ4n) is 0.844. The van der Waals surface area contributed by atoms with Crippen molar-refractivity contribution >= 4 is 15.9 Å². The number of aryl methyl sites for hydroxylation is 1. The molecule has 0 aliphatic heterocycles. The van der Waals surface area contributed by atoms with Crippen LogP contribution in [0.1, 0.15) is 16.1 Å². The highest BCUT2D eigenvalue weighted by Crippen LogP contribution is 2.08. The number of carbonyl (C=O) groups is 1. The average molecular weight is 203 g/mol. The van der Waals surface area contributed by atoms with Crippen LogP contribution in [0.2, 0.25) is 0 Å². The molecule has 0 atom stereocenters. The molecule has 0 saturated heterocycles. The van der Waals surface area contributed by atoms with Gasteiger partial charge < -0.3 is 4.42 Å². The molecule has 0 aliphatic rings. The number of furan rings is 1. The Bertz CT molecular complexity index is 417. The summed E-state index contributed by atoms with van der Waals surface area (Å²) in [6.07, 6.45) is 2.24. The van der Waals surface area contributed by atoms with Gasteiger partial charge in [0.25, 0.3) is 5.91 Å². The zero-order chi connectivity index (χ0) is 10.1. The highest BCUT2D eigenvalue weighted by atomic mass is 32.2. The van der Waals surface area contributed by atoms with Crippen LogP contribution in [-0.4, -0.2) is 20.6 Å². The van der Waals surface area contributed by atoms with E-state index < -0.39 is 15.9 Å². The average Bonchev–Trinajstić information content (AvgIpc) is 2.30. The Balaban J connectivity index is 2.88. The van der Waals surface area contributed by atoms with Gasteiger partial charge in [0.2, 0.25) is 10.0 Å². The van der Waals surface area contributed by atoms with Gasteiger partial charge in [0, 0.05) is 0 Å². The lowest BCUT2D eigenvalue weighted by atomic mass is 10.2. The van der Waals surface area contributed by atoms with Crippen molar-refractivity contribution in [1.82, 2.24) is 4.72 Å². The van der Waals surface area contributed by atoms with E-state index in [4.69, 9.17) is 4.42 Å². The highest BCUT2D eigenvalue weighted by molar-refractivity contribution is 7.89. The summed E-state index contributed by atoms with van der Waals surface area (Å²) < 4.78 is 28.1. The van der Waals surface area contributed by atoms with Crippen molar-refractivity contribution in [2.45, 2.75) is 6.92 Å². The van der Waals surface area contributed by atoms with Crippen molar-refractivity contribution in [3.8, 4) is 0 Å². The van der Waals surface area contributed by atoms with Crippen LogP contribution >= 0.6 is 0 Å². The first-order valence-corrected chi connectivity index (χ1v) is 5.35. The number of sulfonamides is 1. The smallest absolute Gasteiger partial charge is 0.268 e. The molecule has 0 spiro atoms. The van der Waals surface area contributed by atoms with E-state index in [9.17, 15) is 13.2 Å². The van der Waals surface area contributed by atoms with E-state index in [0.717, 1.165) is 6.26 Å². The van der Waals surface area contributed by atoms with Gasteiger partial charge in [-0.25, -0.2) is 13.1 Å². The maximum absolute atomic E-state index is 11.2. The topological polar surface area (TPSA) is 76.4 Å². The SMILES string of the molecule is Cc1occc1C(=O)NS(C)(=O)=O. The van der Waals surface area contributed by atoms with E-state index in [2.05, 4.69) is 0 Å². The summed E-state index contributed by atoms with van der Waals surface area (Å²) in [4.78, 5) is 11.2. The Labute approximate surface area is 75.8 Å². The molecule has 0 bridgehead atoms. The third-order valence-electron chi connectivity index (χ3n) is 1.38. The monoisotopic (exact) mass is 203 g/mol. The lowest BCUT2D eigenvalue weighted by Crippen LogP contribution is -2.29. The van der Waals surface area contributed by atoms with E-state index in [1.165, 1.54) is 12.3 Å². The maximum atomic E-state index is 11.2. The van der Waals surface area contributed by atoms with Crippen LogP contribution in [0.4, 0.5) is 0 Å². The van der Waals surface area contributed by atoms with Gasteiger partial charge in [-0.3, -0.25) is 4.79 Å². The van der Waals surface area contributed by atoms with Crippen LogP contribution in [0.15, 0.2) is 16.7 Å². The Hall–Kier alpha value is -1.30. The van der Waals surface area contributed by atoms with Crippen molar-refractivity contribution in [2.24, 2.45) is 0 Å². The van der Waals surface area contributed by atoms with Crippen molar-refractivity contribution in [1.29, 1.82) is 0 Å². The summed E-state index contributed by atoms with van der Waals surface area (Å²) in [7, 11) is -3.51. The van der Waals surface area contributed by atoms with Gasteiger partial charge in [-0.05, 0) is 13.0 Å². The zero-order valence-electron chi connectivity index (χ0n) is 7.20. The largest absolute Gasteiger partial charge is 0.469 e. The van der Waals surface area contributed by atoms with Gasteiger partial charge in [0.1, 0.15) is 5.76 Å². The zero-order valence-corrected chi connectivity index (χ0v) is 8.01. The summed E-state index contributed by atoms with van der Waals surface area (Å²) in [6.45, 7) is 1.58. The maximum Gasteiger partial charge on any atom is 0.268 e. The normalized spacial score (nSPS) is 11.2. The number of nitrogens with one attached hydrogen (secondary N) is 1. The van der Waals surface area contributed by atoms with Crippen molar-refractivity contribution in [2.75, 3.05) is 6.26 Å². The van der Waals surface area contributed by atoms with Gasteiger partial charge in [-0.15, -0.1) is 0 Å². The lowest BCUT2D eigenvalue weighted by molar-refractivity contribution is 0.0980. The molecular formula is C7H9NO4S. The van der Waals surface area contributed by atoms with E-state index in [1.807, 2.05) is 4.72 Å². The Kier molecular flexibility index (Phi) is 2.42. The summed E-state index contributed by atoms with van der Waals surface area (Å²) in [5.41, 5.74) is 0.227. The lowest BCUT2D eigenvalue weighted by Gasteiger charge is -1.99. The second-order valence-corrected chi connectivity index (χ2v) is 4.34. The van der Waals surface area contributed by atoms with Gasteiger partial charge >= 0.3 is 0 Å². The molecular weight excluding hydrogens is 194 g/mol. The van der Waals surface area contributed by atoms with Gasteiger partial charge in [-0.2, -0.15) is 0 Å². The van der Waals surface area contributed by atoms with E-state index in [-0.39, 0.29) is 5.56 Å². The quantitative estimate of drug-likeness (QED) is 0.748. The van der Waals surface area contributed by atoms with E-state index >= 15 is 0 Å². The molecule has 1 rings (SSSR count). The van der Waals surface area contributed by atoms with Crippen LogP contribution in [0.3, 0.4) is 0 Å². The molecule has 72 valence electrons. The summed E-state index contributed by atoms with van der Waals surface area (Å²) in [6, 6.07) is 1.41. The molecule has 0 fully saturated rings. The van der Waals surface area contributed by atoms with Crippen LogP contribution in [0.25, 0.3) is 0 Å². The van der Waals surface area contributed by atoms with Gasteiger partial charge in [-0.1, -0.05) is 0 Å². The first-order chi connectivity index (χ1) is 5.90. The molecule has 0 saturated carbocycles. The van der Waals surface area contributed by atoms with Crippen molar-refractivity contribution in [3.63, 3.8) is 0 Å². The second kappa shape index (κ2) is 3.21. The summed E-state index contributed by atoms with van der Waals surface area (Å²) in [5.74, 6) is -0.282. The molecule has 1 aromatic rings. The molecule has 0 unspecified atom stereocenters. The fraction of sp³-hybridized carbons (Fsp3) is 0.286. The predicted octanol–water partition coefficient (Wildman–Crippen LogP) is 0.277. The van der Waals surface area contributed by atoms with Gasteiger partial charge in [0.15, 0.2) is 0 Å². The minimum atomic E-state index is -3.51. The molecule has 0 radical (unpaired) electrons. The number of hydrogen-bond donors (Lipinski definition) is 1. The molecule has 13 heavy (non-hydrogen) atoms. The van der Waals surface area contributed by atoms with Crippen molar-refractivity contribution in [3.05, 3.63) is 23.7 Å². The third kappa shape index (κ3) is 2.59. The fourth-order valence-corrected chi connectivity index (χ4v) is 1.29. The van der Waals surface area contributed by atoms with Gasteiger partial charge in [0.05, 0.1) is 18.1 Å². The van der Waals surface area contributed by atoms with Crippen LogP contribution in [0.5, 0.6) is 0 Å². The Morgan fingerprint density at radius 2 is 2.15 bits per heavy atom. The molecule has 0 aromatic carbocycles. The molecule has 1 heterocycles.